The van der Waals surface area contributed by atoms with Crippen LogP contribution in [-0.4, -0.2) is 21.4 Å². The molecule has 6 nitrogen and oxygen atoms in total. The lowest BCUT2D eigenvalue weighted by Crippen LogP contribution is -2.22. The van der Waals surface area contributed by atoms with E-state index in [2.05, 4.69) is 10.0 Å². The van der Waals surface area contributed by atoms with Gasteiger partial charge in [-0.3, -0.25) is 9.52 Å². The average Bonchev–Trinajstić information content (AvgIpc) is 2.74. The number of ether oxygens (including phenoxy) is 1. The first-order chi connectivity index (χ1) is 14.3. The Hall–Kier alpha value is -2.74. The second-order valence-electron chi connectivity index (χ2n) is 6.29. The molecule has 0 aliphatic rings. The van der Waals surface area contributed by atoms with Crippen molar-refractivity contribution >= 4 is 44.8 Å². The van der Waals surface area contributed by atoms with Crippen LogP contribution in [0.1, 0.15) is 15.9 Å². The molecule has 0 atom stereocenters. The van der Waals surface area contributed by atoms with Crippen molar-refractivity contribution in [3.05, 3.63) is 87.9 Å². The van der Waals surface area contributed by atoms with Crippen LogP contribution < -0.4 is 14.8 Å². The Morgan fingerprint density at radius 3 is 2.27 bits per heavy atom. The smallest absolute Gasteiger partial charge is 0.263 e. The third kappa shape index (κ3) is 5.44. The lowest BCUT2D eigenvalue weighted by molar-refractivity contribution is 0.0951. The predicted octanol–water partition coefficient (Wildman–Crippen LogP) is 4.73. The van der Waals surface area contributed by atoms with Crippen LogP contribution in [0.15, 0.2) is 71.6 Å². The highest BCUT2D eigenvalue weighted by atomic mass is 35.5. The number of anilines is 1. The number of methoxy groups -OCH3 is 1. The van der Waals surface area contributed by atoms with Gasteiger partial charge in [-0.1, -0.05) is 35.3 Å². The summed E-state index contributed by atoms with van der Waals surface area (Å²) in [6, 6.07) is 17.6. The summed E-state index contributed by atoms with van der Waals surface area (Å²) in [5.41, 5.74) is 1.61. The Balaban J connectivity index is 1.65. The zero-order valence-electron chi connectivity index (χ0n) is 15.9. The molecular weight excluding hydrogens is 447 g/mol. The summed E-state index contributed by atoms with van der Waals surface area (Å²) in [6.45, 7) is 0.352. The Morgan fingerprint density at radius 1 is 0.967 bits per heavy atom. The first-order valence-corrected chi connectivity index (χ1v) is 11.0. The molecule has 3 aromatic carbocycles. The van der Waals surface area contributed by atoms with E-state index >= 15 is 0 Å². The summed E-state index contributed by atoms with van der Waals surface area (Å²) < 4.78 is 32.6. The molecule has 0 bridgehead atoms. The largest absolute Gasteiger partial charge is 0.497 e. The summed E-state index contributed by atoms with van der Waals surface area (Å²) in [5, 5.41) is 3.12. The minimum Gasteiger partial charge on any atom is -0.497 e. The molecule has 0 saturated heterocycles. The second kappa shape index (κ2) is 9.38. The van der Waals surface area contributed by atoms with Gasteiger partial charge >= 0.3 is 0 Å². The predicted molar refractivity (Wildman–Crippen MR) is 118 cm³/mol. The summed E-state index contributed by atoms with van der Waals surface area (Å²) in [6.07, 6.45) is 0. The Labute approximate surface area is 184 Å². The van der Waals surface area contributed by atoms with Gasteiger partial charge in [-0.2, -0.15) is 0 Å². The molecule has 156 valence electrons. The van der Waals surface area contributed by atoms with Crippen LogP contribution in [0.2, 0.25) is 10.0 Å². The lowest BCUT2D eigenvalue weighted by atomic mass is 10.2. The minimum absolute atomic E-state index is 0.0569. The molecule has 1 amide bonds. The molecule has 0 spiro atoms. The van der Waals surface area contributed by atoms with E-state index in [1.165, 1.54) is 42.5 Å². The molecule has 0 saturated carbocycles. The highest BCUT2D eigenvalue weighted by Gasteiger charge is 2.19. The monoisotopic (exact) mass is 464 g/mol. The summed E-state index contributed by atoms with van der Waals surface area (Å²) in [7, 11) is -2.34. The molecule has 30 heavy (non-hydrogen) atoms. The maximum Gasteiger partial charge on any atom is 0.263 e. The van der Waals surface area contributed by atoms with E-state index in [0.29, 0.717) is 12.1 Å². The van der Waals surface area contributed by atoms with Gasteiger partial charge in [0, 0.05) is 22.8 Å². The third-order valence-corrected chi connectivity index (χ3v) is 6.29. The van der Waals surface area contributed by atoms with Gasteiger partial charge < -0.3 is 10.1 Å². The first-order valence-electron chi connectivity index (χ1n) is 8.77. The van der Waals surface area contributed by atoms with Gasteiger partial charge in [0.2, 0.25) is 0 Å². The van der Waals surface area contributed by atoms with Crippen LogP contribution >= 0.6 is 23.2 Å². The van der Waals surface area contributed by atoms with Crippen molar-refractivity contribution in [3.8, 4) is 5.75 Å². The van der Waals surface area contributed by atoms with Crippen molar-refractivity contribution in [3.63, 3.8) is 0 Å². The summed E-state index contributed by atoms with van der Waals surface area (Å²) >= 11 is 11.8. The number of carbonyl (C=O) groups is 1. The zero-order chi connectivity index (χ0) is 21.7. The van der Waals surface area contributed by atoms with Gasteiger partial charge in [-0.25, -0.2) is 8.42 Å². The van der Waals surface area contributed by atoms with Crippen molar-refractivity contribution < 1.29 is 17.9 Å². The van der Waals surface area contributed by atoms with Crippen molar-refractivity contribution in [2.24, 2.45) is 0 Å². The van der Waals surface area contributed by atoms with Gasteiger partial charge in [0.1, 0.15) is 10.6 Å². The highest BCUT2D eigenvalue weighted by molar-refractivity contribution is 7.92. The Morgan fingerprint density at radius 2 is 1.63 bits per heavy atom. The quantitative estimate of drug-likeness (QED) is 0.528. The maximum atomic E-state index is 12.6. The molecule has 3 rings (SSSR count). The molecule has 0 fully saturated rings. The van der Waals surface area contributed by atoms with E-state index in [0.717, 1.165) is 11.3 Å². The number of rotatable bonds is 7. The number of benzene rings is 3. The average molecular weight is 465 g/mol. The summed E-state index contributed by atoms with van der Waals surface area (Å²) in [5.74, 6) is 0.459. The first kappa shape index (κ1) is 22.0. The topological polar surface area (TPSA) is 84.5 Å². The Bertz CT molecular complexity index is 1150. The summed E-state index contributed by atoms with van der Waals surface area (Å²) in [4.78, 5) is 12.2. The van der Waals surface area contributed by atoms with Gasteiger partial charge in [0.15, 0.2) is 0 Å². The van der Waals surface area contributed by atoms with Crippen LogP contribution in [0, 0.1) is 0 Å². The van der Waals surface area contributed by atoms with Gasteiger partial charge in [0.25, 0.3) is 15.9 Å². The minimum atomic E-state index is -3.93. The van der Waals surface area contributed by atoms with E-state index < -0.39 is 10.0 Å². The number of nitrogens with one attached hydrogen (secondary N) is 2. The number of hydrogen-bond donors (Lipinski definition) is 2. The fourth-order valence-corrected chi connectivity index (χ4v) is 4.43. The lowest BCUT2D eigenvalue weighted by Gasteiger charge is -2.11. The fourth-order valence-electron chi connectivity index (χ4n) is 2.61. The Kier molecular flexibility index (Phi) is 6.87. The molecule has 0 heterocycles. The van der Waals surface area contributed by atoms with E-state index in [1.54, 1.807) is 7.11 Å². The maximum absolute atomic E-state index is 12.6. The highest BCUT2D eigenvalue weighted by Crippen LogP contribution is 2.27. The molecule has 0 aliphatic heterocycles. The van der Waals surface area contributed by atoms with Crippen LogP contribution in [0.25, 0.3) is 0 Å². The fraction of sp³-hybridized carbons (Fsp3) is 0.0952. The number of halogens is 2. The molecule has 0 aromatic heterocycles. The normalized spacial score (nSPS) is 11.0. The van der Waals surface area contributed by atoms with Crippen molar-refractivity contribution in [2.75, 3.05) is 11.8 Å². The molecule has 0 unspecified atom stereocenters. The van der Waals surface area contributed by atoms with Crippen molar-refractivity contribution in [1.82, 2.24) is 5.32 Å². The van der Waals surface area contributed by atoms with Gasteiger partial charge in [0.05, 0.1) is 12.1 Å². The van der Waals surface area contributed by atoms with Gasteiger partial charge in [-0.15, -0.1) is 0 Å². The van der Waals surface area contributed by atoms with E-state index in [-0.39, 0.29) is 26.5 Å². The molecule has 2 N–H and O–H groups in total. The van der Waals surface area contributed by atoms with Crippen LogP contribution in [0.4, 0.5) is 5.69 Å². The number of carbonyl (C=O) groups excluding carboxylic acids is 1. The van der Waals surface area contributed by atoms with E-state index in [1.807, 2.05) is 24.3 Å². The second-order valence-corrected chi connectivity index (χ2v) is 8.78. The van der Waals surface area contributed by atoms with Crippen LogP contribution in [-0.2, 0) is 16.6 Å². The van der Waals surface area contributed by atoms with Crippen LogP contribution in [0.3, 0.4) is 0 Å². The number of sulfonamides is 1. The number of amides is 1. The molecule has 0 aliphatic carbocycles. The number of hydrogen-bond acceptors (Lipinski definition) is 4. The van der Waals surface area contributed by atoms with Crippen LogP contribution in [0.5, 0.6) is 5.75 Å². The van der Waals surface area contributed by atoms with E-state index in [9.17, 15) is 13.2 Å². The van der Waals surface area contributed by atoms with Gasteiger partial charge in [-0.05, 0) is 60.2 Å². The van der Waals surface area contributed by atoms with E-state index in [4.69, 9.17) is 27.9 Å². The SMILES string of the molecule is COc1ccc(CNC(=O)c2ccc(NS(=O)(=O)c3cc(Cl)ccc3Cl)cc2)cc1. The molecule has 9 heteroatoms. The van der Waals surface area contributed by atoms with Crippen molar-refractivity contribution in [2.45, 2.75) is 11.4 Å². The standard InChI is InChI=1S/C21H18Cl2N2O4S/c1-29-18-9-2-14(3-10-18)13-24-21(26)15-4-7-17(8-5-15)25-30(27,28)20-12-16(22)6-11-19(20)23/h2-12,25H,13H2,1H3,(H,24,26). The molecule has 0 radical (unpaired) electrons. The molecule has 3 aromatic rings. The third-order valence-electron chi connectivity index (χ3n) is 4.19. The molecular formula is C21H18Cl2N2O4S. The zero-order valence-corrected chi connectivity index (χ0v) is 18.2. The van der Waals surface area contributed by atoms with Crippen molar-refractivity contribution in [1.29, 1.82) is 0 Å².